The van der Waals surface area contributed by atoms with Crippen molar-refractivity contribution in [2.75, 3.05) is 19.3 Å². The summed E-state index contributed by atoms with van der Waals surface area (Å²) in [5.41, 5.74) is 0.00894. The lowest BCUT2D eigenvalue weighted by atomic mass is 9.53. The molecule has 0 aromatic heterocycles. The van der Waals surface area contributed by atoms with Crippen molar-refractivity contribution in [3.05, 3.63) is 0 Å². The molecule has 2 amide bonds. The van der Waals surface area contributed by atoms with Crippen LogP contribution in [0.1, 0.15) is 44.9 Å². The molecule has 1 N–H and O–H groups in total. The van der Waals surface area contributed by atoms with Crippen molar-refractivity contribution >= 4 is 15.9 Å². The standard InChI is InChI=1S/C16H26N2O3S/c1-22(20,21)14-2-3-18(10-14)15(19)17-16-7-11-4-12(8-16)6-13(5-11)9-16/h11-14H,2-10H2,1H3,(H,17,19)/t11?,12?,13?,14-,16?/m1/s1. The lowest BCUT2D eigenvalue weighted by Crippen LogP contribution is -2.61. The van der Waals surface area contributed by atoms with Crippen LogP contribution in [-0.4, -0.2) is 49.5 Å². The van der Waals surface area contributed by atoms with Crippen LogP contribution in [0.15, 0.2) is 0 Å². The van der Waals surface area contributed by atoms with Crippen LogP contribution in [0.2, 0.25) is 0 Å². The van der Waals surface area contributed by atoms with Gasteiger partial charge < -0.3 is 10.2 Å². The van der Waals surface area contributed by atoms with Crippen molar-refractivity contribution in [1.29, 1.82) is 0 Å². The van der Waals surface area contributed by atoms with Crippen molar-refractivity contribution in [2.24, 2.45) is 17.8 Å². The monoisotopic (exact) mass is 326 g/mol. The van der Waals surface area contributed by atoms with Gasteiger partial charge in [0.15, 0.2) is 9.84 Å². The summed E-state index contributed by atoms with van der Waals surface area (Å²) < 4.78 is 23.3. The number of nitrogens with zero attached hydrogens (tertiary/aromatic N) is 1. The van der Waals surface area contributed by atoms with E-state index in [0.29, 0.717) is 19.5 Å². The Morgan fingerprint density at radius 1 is 1.09 bits per heavy atom. The van der Waals surface area contributed by atoms with E-state index in [2.05, 4.69) is 5.32 Å². The Kier molecular flexibility index (Phi) is 3.26. The highest BCUT2D eigenvalue weighted by Crippen LogP contribution is 2.55. The molecule has 4 saturated carbocycles. The number of likely N-dealkylation sites (tertiary alicyclic amines) is 1. The van der Waals surface area contributed by atoms with Gasteiger partial charge >= 0.3 is 6.03 Å². The number of rotatable bonds is 2. The third-order valence-corrected chi connectivity index (χ3v) is 8.04. The van der Waals surface area contributed by atoms with Gasteiger partial charge in [-0.15, -0.1) is 0 Å². The summed E-state index contributed by atoms with van der Waals surface area (Å²) in [6.45, 7) is 0.924. The third-order valence-electron chi connectivity index (χ3n) is 6.45. The topological polar surface area (TPSA) is 66.5 Å². The summed E-state index contributed by atoms with van der Waals surface area (Å²) in [5.74, 6) is 2.40. The van der Waals surface area contributed by atoms with Crippen LogP contribution >= 0.6 is 0 Å². The first-order valence-electron chi connectivity index (χ1n) is 8.59. The van der Waals surface area contributed by atoms with Gasteiger partial charge in [-0.2, -0.15) is 0 Å². The Balaban J connectivity index is 1.43. The first-order valence-corrected chi connectivity index (χ1v) is 10.5. The molecule has 5 rings (SSSR count). The molecular weight excluding hydrogens is 300 g/mol. The van der Waals surface area contributed by atoms with Gasteiger partial charge in [0.2, 0.25) is 0 Å². The molecule has 0 radical (unpaired) electrons. The SMILES string of the molecule is CS(=O)(=O)[C@@H]1CCN(C(=O)NC23CC4CC(CC(C4)C2)C3)C1. The van der Waals surface area contributed by atoms with Gasteiger partial charge in [-0.05, 0) is 62.7 Å². The van der Waals surface area contributed by atoms with Crippen LogP contribution in [0.3, 0.4) is 0 Å². The molecule has 4 aliphatic carbocycles. The van der Waals surface area contributed by atoms with Crippen molar-refractivity contribution in [3.8, 4) is 0 Å². The molecule has 22 heavy (non-hydrogen) atoms. The van der Waals surface area contributed by atoms with Crippen LogP contribution in [0.5, 0.6) is 0 Å². The van der Waals surface area contributed by atoms with Gasteiger partial charge in [0, 0.05) is 24.9 Å². The van der Waals surface area contributed by atoms with E-state index in [1.807, 2.05) is 0 Å². The van der Waals surface area contributed by atoms with E-state index in [1.165, 1.54) is 25.5 Å². The molecule has 0 aromatic carbocycles. The van der Waals surface area contributed by atoms with Gasteiger partial charge in [0.1, 0.15) is 0 Å². The lowest BCUT2D eigenvalue weighted by Gasteiger charge is -2.57. The largest absolute Gasteiger partial charge is 0.333 e. The quantitative estimate of drug-likeness (QED) is 0.841. The second-order valence-corrected chi connectivity index (χ2v) is 10.6. The molecule has 1 aliphatic heterocycles. The fraction of sp³-hybridized carbons (Fsp3) is 0.938. The number of sulfone groups is 1. The number of carbonyl (C=O) groups is 1. The molecule has 4 bridgehead atoms. The predicted molar refractivity (Wildman–Crippen MR) is 84.3 cm³/mol. The van der Waals surface area contributed by atoms with Crippen LogP contribution in [-0.2, 0) is 9.84 Å². The Hall–Kier alpha value is -0.780. The zero-order valence-electron chi connectivity index (χ0n) is 13.3. The van der Waals surface area contributed by atoms with E-state index in [4.69, 9.17) is 0 Å². The predicted octanol–water partition coefficient (Wildman–Crippen LogP) is 1.78. The molecule has 5 aliphatic rings. The van der Waals surface area contributed by atoms with Gasteiger partial charge in [0.05, 0.1) is 5.25 Å². The van der Waals surface area contributed by atoms with Crippen molar-refractivity contribution in [3.63, 3.8) is 0 Å². The second-order valence-electron chi connectivity index (χ2n) is 8.31. The fourth-order valence-electron chi connectivity index (χ4n) is 5.83. The van der Waals surface area contributed by atoms with Crippen molar-refractivity contribution in [2.45, 2.75) is 55.7 Å². The van der Waals surface area contributed by atoms with Crippen LogP contribution in [0, 0.1) is 17.8 Å². The highest BCUT2D eigenvalue weighted by Gasteiger charge is 2.52. The fourth-order valence-corrected chi connectivity index (χ4v) is 6.82. The number of hydrogen-bond donors (Lipinski definition) is 1. The lowest BCUT2D eigenvalue weighted by molar-refractivity contribution is -0.0153. The average Bonchev–Trinajstić information content (AvgIpc) is 2.85. The first kappa shape index (κ1) is 14.8. The Bertz CT molecular complexity index is 551. The second kappa shape index (κ2) is 4.86. The number of hydrogen-bond acceptors (Lipinski definition) is 3. The molecule has 0 unspecified atom stereocenters. The van der Waals surface area contributed by atoms with E-state index in [1.54, 1.807) is 4.90 Å². The molecule has 124 valence electrons. The molecule has 0 aromatic rings. The maximum Gasteiger partial charge on any atom is 0.317 e. The smallest absolute Gasteiger partial charge is 0.317 e. The number of amides is 2. The van der Waals surface area contributed by atoms with E-state index in [-0.39, 0.29) is 16.8 Å². The Labute approximate surface area is 132 Å². The van der Waals surface area contributed by atoms with E-state index in [9.17, 15) is 13.2 Å². The Morgan fingerprint density at radius 3 is 2.09 bits per heavy atom. The van der Waals surface area contributed by atoms with Gasteiger partial charge in [0.25, 0.3) is 0 Å². The number of nitrogens with one attached hydrogen (secondary N) is 1. The summed E-state index contributed by atoms with van der Waals surface area (Å²) in [6, 6.07) is -0.0342. The summed E-state index contributed by atoms with van der Waals surface area (Å²) in [5, 5.41) is 2.95. The maximum atomic E-state index is 12.6. The minimum absolute atomic E-state index is 0.00894. The minimum atomic E-state index is -3.04. The van der Waals surface area contributed by atoms with Crippen LogP contribution in [0.4, 0.5) is 4.79 Å². The number of urea groups is 1. The van der Waals surface area contributed by atoms with Gasteiger partial charge in [-0.3, -0.25) is 0 Å². The Morgan fingerprint density at radius 2 is 1.64 bits per heavy atom. The van der Waals surface area contributed by atoms with Crippen molar-refractivity contribution < 1.29 is 13.2 Å². The average molecular weight is 326 g/mol. The highest BCUT2D eigenvalue weighted by molar-refractivity contribution is 7.91. The van der Waals surface area contributed by atoms with E-state index in [0.717, 1.165) is 37.0 Å². The molecule has 1 atom stereocenters. The maximum absolute atomic E-state index is 12.6. The molecule has 1 saturated heterocycles. The van der Waals surface area contributed by atoms with Crippen molar-refractivity contribution in [1.82, 2.24) is 10.2 Å². The third kappa shape index (κ3) is 2.53. The van der Waals surface area contributed by atoms with Crippen LogP contribution < -0.4 is 5.32 Å². The zero-order valence-corrected chi connectivity index (χ0v) is 14.1. The van der Waals surface area contributed by atoms with Crippen LogP contribution in [0.25, 0.3) is 0 Å². The molecule has 5 nitrogen and oxygen atoms in total. The zero-order chi connectivity index (χ0) is 15.5. The molecule has 5 fully saturated rings. The summed E-state index contributed by atoms with van der Waals surface area (Å²) in [4.78, 5) is 14.3. The van der Waals surface area contributed by atoms with E-state index < -0.39 is 9.84 Å². The normalized spacial score (nSPS) is 43.6. The summed E-state index contributed by atoms with van der Waals surface area (Å²) in [6.07, 6.45) is 9.32. The highest BCUT2D eigenvalue weighted by atomic mass is 32.2. The summed E-state index contributed by atoms with van der Waals surface area (Å²) in [7, 11) is -3.04. The van der Waals surface area contributed by atoms with Gasteiger partial charge in [-0.1, -0.05) is 0 Å². The summed E-state index contributed by atoms with van der Waals surface area (Å²) >= 11 is 0. The molecule has 1 heterocycles. The van der Waals surface area contributed by atoms with E-state index >= 15 is 0 Å². The first-order chi connectivity index (χ1) is 10.3. The minimum Gasteiger partial charge on any atom is -0.333 e. The molecular formula is C16H26N2O3S. The molecule has 0 spiro atoms. The van der Waals surface area contributed by atoms with Gasteiger partial charge in [-0.25, -0.2) is 13.2 Å². The molecule has 6 heteroatoms. The number of carbonyl (C=O) groups excluding carboxylic acids is 1.